The monoisotopic (exact) mass is 793 g/mol. The first-order valence-corrected chi connectivity index (χ1v) is 19.5. The number of methoxy groups -OCH3 is 2. The van der Waals surface area contributed by atoms with E-state index in [1.54, 1.807) is 70.9 Å². The molecule has 3 aliphatic heterocycles. The summed E-state index contributed by atoms with van der Waals surface area (Å²) in [5, 5.41) is 14.5. The van der Waals surface area contributed by atoms with E-state index in [2.05, 4.69) is 26.1 Å². The van der Waals surface area contributed by atoms with Crippen LogP contribution in [0.4, 0.5) is 10.5 Å². The van der Waals surface area contributed by atoms with E-state index in [4.69, 9.17) is 35.3 Å². The third-order valence-electron chi connectivity index (χ3n) is 10.4. The van der Waals surface area contributed by atoms with Crippen LogP contribution in [0, 0.1) is 5.92 Å². The van der Waals surface area contributed by atoms with Gasteiger partial charge in [0, 0.05) is 50.5 Å². The smallest absolute Gasteiger partial charge is 0.409 e. The number of nitrogens with one attached hydrogen (secondary N) is 1. The number of fused-ring (bicyclic) bond motifs is 5. The number of nitrogens with zero attached hydrogens (tertiary/aromatic N) is 2. The Hall–Kier alpha value is -3.30. The molecule has 8 atom stereocenters. The van der Waals surface area contributed by atoms with Crippen LogP contribution in [0.5, 0.6) is 5.75 Å². The van der Waals surface area contributed by atoms with Crippen molar-refractivity contribution in [3.8, 4) is 5.75 Å². The number of likely N-dealkylation sites (N-methyl/N-ethyl adjacent to an activating group) is 1. The van der Waals surface area contributed by atoms with Crippen LogP contribution >= 0.6 is 23.4 Å². The molecule has 1 aromatic carbocycles. The molecular formula is C39H56ClN3O10S. The SMILES string of the molecule is COc1cc2cc(c1Cl)N(C)C(=O)C[C@H](OC(=O)[C@H](C)N(C)C(=O)CCSC(C)(C)C)[C@]1(C)O[C@H]1[C@H](C)[C@@H]1C[C@@](O)(NC(=O)O1)[C@H](OC)/C=C/C=C(\C)C2. The highest BCUT2D eigenvalue weighted by atomic mass is 35.5. The lowest BCUT2D eigenvalue weighted by Gasteiger charge is -2.42. The quantitative estimate of drug-likeness (QED) is 0.256. The highest BCUT2D eigenvalue weighted by Gasteiger charge is 2.64. The highest BCUT2D eigenvalue weighted by molar-refractivity contribution is 8.00. The van der Waals surface area contributed by atoms with Crippen molar-refractivity contribution in [2.75, 3.05) is 39.0 Å². The zero-order chi connectivity index (χ0) is 40.3. The molecule has 13 nitrogen and oxygen atoms in total. The molecule has 0 unspecified atom stereocenters. The minimum Gasteiger partial charge on any atom is -0.495 e. The summed E-state index contributed by atoms with van der Waals surface area (Å²) in [6.45, 7) is 13.2. The number of halogens is 1. The van der Waals surface area contributed by atoms with Gasteiger partial charge in [0.15, 0.2) is 5.72 Å². The summed E-state index contributed by atoms with van der Waals surface area (Å²) in [6.07, 6.45) is 1.23. The maximum Gasteiger partial charge on any atom is 0.409 e. The van der Waals surface area contributed by atoms with E-state index in [-0.39, 0.29) is 34.9 Å². The Morgan fingerprint density at radius 3 is 2.56 bits per heavy atom. The maximum absolute atomic E-state index is 14.2. The fraction of sp³-hybridized carbons (Fsp3) is 0.641. The number of benzene rings is 1. The van der Waals surface area contributed by atoms with Crippen LogP contribution in [0.2, 0.25) is 5.02 Å². The summed E-state index contributed by atoms with van der Waals surface area (Å²) in [5.41, 5.74) is -0.893. The number of thioether (sulfide) groups is 1. The average Bonchev–Trinajstić information content (AvgIpc) is 3.79. The first kappa shape index (κ1) is 43.4. The third kappa shape index (κ3) is 10.1. The second-order valence-electron chi connectivity index (χ2n) is 15.6. The molecule has 2 fully saturated rings. The van der Waals surface area contributed by atoms with E-state index in [1.807, 2.05) is 13.0 Å². The number of carbonyl (C=O) groups excluding carboxylic acids is 4. The summed E-state index contributed by atoms with van der Waals surface area (Å²) in [7, 11) is 6.06. The number of allylic oxidation sites excluding steroid dienone is 3. The number of aliphatic hydroxyl groups is 1. The minimum atomic E-state index is -1.82. The number of anilines is 1. The average molecular weight is 794 g/mol. The van der Waals surface area contributed by atoms with Gasteiger partial charge in [-0.2, -0.15) is 11.8 Å². The van der Waals surface area contributed by atoms with Crippen molar-refractivity contribution in [1.29, 1.82) is 0 Å². The molecule has 2 saturated heterocycles. The second kappa shape index (κ2) is 17.2. The molecule has 4 bridgehead atoms. The zero-order valence-corrected chi connectivity index (χ0v) is 34.8. The van der Waals surface area contributed by atoms with Crippen molar-refractivity contribution in [3.05, 3.63) is 46.5 Å². The third-order valence-corrected chi connectivity index (χ3v) is 12.0. The first-order chi connectivity index (χ1) is 25.1. The molecule has 0 aromatic heterocycles. The number of hydrogen-bond acceptors (Lipinski definition) is 11. The molecule has 15 heteroatoms. The van der Waals surface area contributed by atoms with E-state index in [0.717, 1.165) is 11.1 Å². The minimum absolute atomic E-state index is 0.0150. The molecule has 3 amide bonds. The number of hydrogen-bond donors (Lipinski definition) is 2. The highest BCUT2D eigenvalue weighted by Crippen LogP contribution is 2.49. The normalized spacial score (nSPS) is 31.2. The lowest BCUT2D eigenvalue weighted by Crippen LogP contribution is -2.63. The van der Waals surface area contributed by atoms with Gasteiger partial charge in [0.1, 0.15) is 40.7 Å². The van der Waals surface area contributed by atoms with E-state index in [1.165, 1.54) is 24.0 Å². The summed E-state index contributed by atoms with van der Waals surface area (Å²) in [5.74, 6) is -0.911. The lowest BCUT2D eigenvalue weighted by molar-refractivity contribution is -0.162. The number of ether oxygens (including phenoxy) is 5. The van der Waals surface area contributed by atoms with Gasteiger partial charge in [0.2, 0.25) is 11.8 Å². The van der Waals surface area contributed by atoms with E-state index < -0.39 is 65.7 Å². The van der Waals surface area contributed by atoms with Crippen LogP contribution in [-0.2, 0) is 39.8 Å². The number of amides is 3. The van der Waals surface area contributed by atoms with Crippen molar-refractivity contribution < 1.29 is 48.0 Å². The van der Waals surface area contributed by atoms with Crippen molar-refractivity contribution >= 4 is 52.9 Å². The van der Waals surface area contributed by atoms with Gasteiger partial charge < -0.3 is 38.6 Å². The molecule has 300 valence electrons. The van der Waals surface area contributed by atoms with Crippen molar-refractivity contribution in [1.82, 2.24) is 10.2 Å². The van der Waals surface area contributed by atoms with Crippen LogP contribution in [0.25, 0.3) is 0 Å². The molecule has 4 rings (SSSR count). The van der Waals surface area contributed by atoms with Gasteiger partial charge in [-0.3, -0.25) is 14.9 Å². The second-order valence-corrected chi connectivity index (χ2v) is 17.9. The Labute approximate surface area is 328 Å². The van der Waals surface area contributed by atoms with Gasteiger partial charge in [0.25, 0.3) is 0 Å². The number of alkyl carbamates (subject to hydrolysis) is 1. The van der Waals surface area contributed by atoms with Crippen molar-refractivity contribution in [2.45, 2.75) is 121 Å². The molecule has 0 spiro atoms. The van der Waals surface area contributed by atoms with Gasteiger partial charge in [-0.25, -0.2) is 9.59 Å². The number of rotatable bonds is 8. The zero-order valence-electron chi connectivity index (χ0n) is 33.2. The lowest BCUT2D eigenvalue weighted by atomic mass is 9.83. The van der Waals surface area contributed by atoms with E-state index in [9.17, 15) is 24.3 Å². The van der Waals surface area contributed by atoms with Gasteiger partial charge in [0.05, 0.1) is 25.3 Å². The predicted octanol–water partition coefficient (Wildman–Crippen LogP) is 5.44. The maximum atomic E-state index is 14.2. The molecule has 3 heterocycles. The van der Waals surface area contributed by atoms with Crippen molar-refractivity contribution in [3.63, 3.8) is 0 Å². The number of esters is 1. The fourth-order valence-corrected chi connectivity index (χ4v) is 8.04. The predicted molar refractivity (Wildman–Crippen MR) is 208 cm³/mol. The Balaban J connectivity index is 1.72. The van der Waals surface area contributed by atoms with Crippen LogP contribution in [0.3, 0.4) is 0 Å². The summed E-state index contributed by atoms with van der Waals surface area (Å²) in [6, 6.07) is 2.63. The Morgan fingerprint density at radius 2 is 1.93 bits per heavy atom. The summed E-state index contributed by atoms with van der Waals surface area (Å²) >= 11 is 8.42. The van der Waals surface area contributed by atoms with Crippen LogP contribution in [0.15, 0.2) is 35.9 Å². The van der Waals surface area contributed by atoms with Crippen molar-refractivity contribution in [2.24, 2.45) is 5.92 Å². The first-order valence-electron chi connectivity index (χ1n) is 18.1. The van der Waals surface area contributed by atoms with E-state index >= 15 is 0 Å². The standard InChI is InChI=1S/C39H56ClN3O10S/c1-22-13-12-14-29(50-11)39(48)21-28(51-36(47)41-39)23(2)34-38(7,53-34)30(52-35(46)24(3)42(8)31(44)15-16-54-37(4,5)6)20-32(45)43(9)26-18-25(17-22)19-27(49-10)33(26)40/h12-14,18-19,23-24,28-30,34,48H,15-17,20-21H2,1-11H3,(H,41,47)/b14-12+,22-13+/t23-,24+,28+,29-,30+,34+,38+,39+/m1/s1. The van der Waals surface area contributed by atoms with E-state index in [0.29, 0.717) is 23.6 Å². The Morgan fingerprint density at radius 1 is 1.24 bits per heavy atom. The topological polar surface area (TPSA) is 156 Å². The van der Waals surface area contributed by atoms with Gasteiger partial charge >= 0.3 is 12.1 Å². The van der Waals surface area contributed by atoms with Gasteiger partial charge in [-0.15, -0.1) is 0 Å². The Kier molecular flexibility index (Phi) is 13.9. The molecule has 3 aliphatic rings. The van der Waals surface area contributed by atoms with Crippen LogP contribution in [-0.4, -0.2) is 114 Å². The largest absolute Gasteiger partial charge is 0.495 e. The molecule has 2 N–H and O–H groups in total. The Bertz CT molecular complexity index is 1650. The van der Waals surface area contributed by atoms with Gasteiger partial charge in [-0.05, 0) is 44.9 Å². The molecule has 0 aliphatic carbocycles. The van der Waals surface area contributed by atoms with Gasteiger partial charge in [-0.1, -0.05) is 63.1 Å². The summed E-state index contributed by atoms with van der Waals surface area (Å²) in [4.78, 5) is 56.6. The number of epoxide rings is 1. The molecular weight excluding hydrogens is 738 g/mol. The van der Waals surface area contributed by atoms with Crippen LogP contribution in [0.1, 0.15) is 73.3 Å². The molecule has 0 radical (unpaired) electrons. The van der Waals surface area contributed by atoms with Crippen LogP contribution < -0.4 is 15.0 Å². The fourth-order valence-electron chi connectivity index (χ4n) is 6.84. The number of carbonyl (C=O) groups is 4. The molecule has 54 heavy (non-hydrogen) atoms. The summed E-state index contributed by atoms with van der Waals surface area (Å²) < 4.78 is 29.3. The molecule has 0 saturated carbocycles. The molecule has 1 aromatic rings.